The molecule has 2 amide bonds. The summed E-state index contributed by atoms with van der Waals surface area (Å²) in [6.45, 7) is 2.84. The zero-order valence-electron chi connectivity index (χ0n) is 17.2. The summed E-state index contributed by atoms with van der Waals surface area (Å²) in [7, 11) is 0. The minimum atomic E-state index is -4.47. The highest BCUT2D eigenvalue weighted by Crippen LogP contribution is 2.31. The fourth-order valence-electron chi connectivity index (χ4n) is 4.04. The molecule has 31 heavy (non-hydrogen) atoms. The second kappa shape index (κ2) is 10.1. The zero-order chi connectivity index (χ0) is 22.4. The van der Waals surface area contributed by atoms with Gasteiger partial charge in [-0.15, -0.1) is 0 Å². The van der Waals surface area contributed by atoms with Crippen molar-refractivity contribution in [3.05, 3.63) is 65.5 Å². The third-order valence-electron chi connectivity index (χ3n) is 5.75. The third-order valence-corrected chi connectivity index (χ3v) is 5.75. The number of primary amides is 1. The molecule has 0 spiro atoms. The fourth-order valence-corrected chi connectivity index (χ4v) is 4.04. The molecular weight excluding hydrogens is 410 g/mol. The number of halogens is 4. The quantitative estimate of drug-likeness (QED) is 0.615. The Morgan fingerprint density at radius 2 is 1.77 bits per heavy atom. The van der Waals surface area contributed by atoms with E-state index in [2.05, 4.69) is 4.90 Å². The maximum absolute atomic E-state index is 13.0. The second-order valence-electron chi connectivity index (χ2n) is 8.01. The molecule has 0 atom stereocenters. The highest BCUT2D eigenvalue weighted by atomic mass is 19.4. The Balaban J connectivity index is 1.47. The molecule has 0 unspecified atom stereocenters. The monoisotopic (exact) mass is 437 g/mol. The highest BCUT2D eigenvalue weighted by molar-refractivity contribution is 5.90. The number of amides is 2. The van der Waals surface area contributed by atoms with Gasteiger partial charge < -0.3 is 10.6 Å². The maximum Gasteiger partial charge on any atom is 0.416 e. The molecule has 8 heteroatoms. The van der Waals surface area contributed by atoms with Crippen LogP contribution in [0.4, 0.5) is 28.0 Å². The van der Waals surface area contributed by atoms with Crippen molar-refractivity contribution in [2.45, 2.75) is 31.9 Å². The molecule has 0 aromatic heterocycles. The fraction of sp³-hybridized carbons (Fsp3) is 0.435. The molecule has 1 aliphatic heterocycles. The maximum atomic E-state index is 13.0. The van der Waals surface area contributed by atoms with E-state index in [9.17, 15) is 22.4 Å². The number of nitrogens with two attached hydrogens (primary N) is 1. The first-order valence-corrected chi connectivity index (χ1v) is 10.4. The van der Waals surface area contributed by atoms with Crippen LogP contribution in [0.1, 0.15) is 30.4 Å². The van der Waals surface area contributed by atoms with Crippen molar-refractivity contribution in [2.24, 2.45) is 11.7 Å². The molecule has 0 radical (unpaired) electrons. The van der Waals surface area contributed by atoms with Crippen molar-refractivity contribution in [2.75, 3.05) is 31.1 Å². The first-order valence-electron chi connectivity index (χ1n) is 10.4. The molecule has 1 fully saturated rings. The SMILES string of the molecule is NC(=O)N(CCCN1CCC(Cc2ccc(F)cc2)CC1)c1cccc(C(F)(F)F)c1. The van der Waals surface area contributed by atoms with Crippen molar-refractivity contribution < 1.29 is 22.4 Å². The normalized spacial score (nSPS) is 15.7. The lowest BCUT2D eigenvalue weighted by Gasteiger charge is -2.32. The van der Waals surface area contributed by atoms with E-state index in [1.807, 2.05) is 12.1 Å². The van der Waals surface area contributed by atoms with Crippen molar-refractivity contribution in [1.82, 2.24) is 4.90 Å². The number of anilines is 1. The Labute approximate surface area is 179 Å². The second-order valence-corrected chi connectivity index (χ2v) is 8.01. The van der Waals surface area contributed by atoms with Crippen LogP contribution in [0.15, 0.2) is 48.5 Å². The summed E-state index contributed by atoms with van der Waals surface area (Å²) in [6, 6.07) is 10.5. The molecule has 1 aliphatic rings. The first kappa shape index (κ1) is 23.1. The lowest BCUT2D eigenvalue weighted by atomic mass is 9.90. The van der Waals surface area contributed by atoms with Gasteiger partial charge in [0, 0.05) is 12.2 Å². The first-order chi connectivity index (χ1) is 14.7. The van der Waals surface area contributed by atoms with Gasteiger partial charge in [-0.1, -0.05) is 18.2 Å². The molecule has 2 N–H and O–H groups in total. The van der Waals surface area contributed by atoms with Gasteiger partial charge in [-0.3, -0.25) is 4.90 Å². The van der Waals surface area contributed by atoms with E-state index < -0.39 is 17.8 Å². The number of likely N-dealkylation sites (tertiary alicyclic amines) is 1. The number of carbonyl (C=O) groups is 1. The van der Waals surface area contributed by atoms with Crippen LogP contribution in [0, 0.1) is 11.7 Å². The summed E-state index contributed by atoms with van der Waals surface area (Å²) in [4.78, 5) is 15.3. The van der Waals surface area contributed by atoms with E-state index in [1.54, 1.807) is 0 Å². The van der Waals surface area contributed by atoms with Crippen LogP contribution in [-0.2, 0) is 12.6 Å². The summed E-state index contributed by atoms with van der Waals surface area (Å²) in [5.74, 6) is 0.322. The van der Waals surface area contributed by atoms with Gasteiger partial charge in [-0.25, -0.2) is 9.18 Å². The van der Waals surface area contributed by atoms with E-state index in [0.717, 1.165) is 56.6 Å². The number of piperidine rings is 1. The van der Waals surface area contributed by atoms with E-state index >= 15 is 0 Å². The van der Waals surface area contributed by atoms with Crippen LogP contribution in [0.3, 0.4) is 0 Å². The summed E-state index contributed by atoms with van der Waals surface area (Å²) in [5, 5.41) is 0. The third kappa shape index (κ3) is 6.69. The van der Waals surface area contributed by atoms with Gasteiger partial charge in [-0.2, -0.15) is 13.2 Å². The van der Waals surface area contributed by atoms with Gasteiger partial charge in [0.05, 0.1) is 5.56 Å². The Morgan fingerprint density at radius 3 is 2.39 bits per heavy atom. The van der Waals surface area contributed by atoms with Crippen LogP contribution in [0.5, 0.6) is 0 Å². The number of alkyl halides is 3. The summed E-state index contributed by atoms with van der Waals surface area (Å²) in [6.07, 6.45) is -0.867. The summed E-state index contributed by atoms with van der Waals surface area (Å²) >= 11 is 0. The summed E-state index contributed by atoms with van der Waals surface area (Å²) in [5.41, 5.74) is 5.90. The minimum absolute atomic E-state index is 0.153. The van der Waals surface area contributed by atoms with Gasteiger partial charge in [-0.05, 0) is 87.1 Å². The Bertz CT molecular complexity index is 862. The average molecular weight is 437 g/mol. The van der Waals surface area contributed by atoms with Crippen molar-refractivity contribution in [1.29, 1.82) is 0 Å². The van der Waals surface area contributed by atoms with Gasteiger partial charge in [0.1, 0.15) is 5.82 Å². The molecule has 1 saturated heterocycles. The average Bonchev–Trinajstić information content (AvgIpc) is 2.73. The molecule has 0 bridgehead atoms. The van der Waals surface area contributed by atoms with Crippen molar-refractivity contribution in [3.8, 4) is 0 Å². The van der Waals surface area contributed by atoms with Crippen molar-refractivity contribution >= 4 is 11.7 Å². The molecule has 2 aromatic carbocycles. The molecule has 3 rings (SSSR count). The zero-order valence-corrected chi connectivity index (χ0v) is 17.2. The largest absolute Gasteiger partial charge is 0.416 e. The number of hydrogen-bond acceptors (Lipinski definition) is 2. The standard InChI is InChI=1S/C23H27F4N3O/c24-20-7-5-17(6-8-20)15-18-9-13-29(14-10-18)11-2-12-30(22(28)31)21-4-1-3-19(16-21)23(25,26)27/h1,3-8,16,18H,2,9-15H2,(H2,28,31). The molecule has 168 valence electrons. The van der Waals surface area contributed by atoms with E-state index in [0.29, 0.717) is 12.3 Å². The van der Waals surface area contributed by atoms with Crippen LogP contribution < -0.4 is 10.6 Å². The topological polar surface area (TPSA) is 49.6 Å². The lowest BCUT2D eigenvalue weighted by molar-refractivity contribution is -0.137. The van der Waals surface area contributed by atoms with E-state index in [-0.39, 0.29) is 18.0 Å². The predicted molar refractivity (Wildman–Crippen MR) is 112 cm³/mol. The van der Waals surface area contributed by atoms with E-state index in [1.165, 1.54) is 29.2 Å². The molecule has 0 saturated carbocycles. The Morgan fingerprint density at radius 1 is 1.10 bits per heavy atom. The van der Waals surface area contributed by atoms with Crippen LogP contribution in [-0.4, -0.2) is 37.1 Å². The smallest absolute Gasteiger partial charge is 0.351 e. The van der Waals surface area contributed by atoms with Crippen LogP contribution >= 0.6 is 0 Å². The number of carbonyl (C=O) groups excluding carboxylic acids is 1. The van der Waals surface area contributed by atoms with Gasteiger partial charge in [0.25, 0.3) is 0 Å². The van der Waals surface area contributed by atoms with Gasteiger partial charge >= 0.3 is 12.2 Å². The molecule has 2 aromatic rings. The number of benzene rings is 2. The summed E-state index contributed by atoms with van der Waals surface area (Å²) < 4.78 is 51.9. The molecular formula is C23H27F4N3O. The number of nitrogens with zero attached hydrogens (tertiary/aromatic N) is 2. The Hall–Kier alpha value is -2.61. The molecule has 0 aliphatic carbocycles. The van der Waals surface area contributed by atoms with Crippen LogP contribution in [0.2, 0.25) is 0 Å². The number of rotatable bonds is 7. The van der Waals surface area contributed by atoms with E-state index in [4.69, 9.17) is 5.73 Å². The predicted octanol–water partition coefficient (Wildman–Crippen LogP) is 5.07. The molecule has 1 heterocycles. The number of hydrogen-bond donors (Lipinski definition) is 1. The van der Waals surface area contributed by atoms with Gasteiger partial charge in [0.2, 0.25) is 0 Å². The molecule has 4 nitrogen and oxygen atoms in total. The number of urea groups is 1. The highest BCUT2D eigenvalue weighted by Gasteiger charge is 2.31. The minimum Gasteiger partial charge on any atom is -0.351 e. The Kier molecular flexibility index (Phi) is 7.54. The van der Waals surface area contributed by atoms with Crippen LogP contribution in [0.25, 0.3) is 0 Å². The van der Waals surface area contributed by atoms with Crippen molar-refractivity contribution in [3.63, 3.8) is 0 Å². The lowest BCUT2D eigenvalue weighted by Crippen LogP contribution is -2.40. The van der Waals surface area contributed by atoms with Gasteiger partial charge in [0.15, 0.2) is 0 Å².